The Morgan fingerprint density at radius 2 is 1.67 bits per heavy atom. The van der Waals surface area contributed by atoms with Gasteiger partial charge in [-0.05, 0) is 60.6 Å². The minimum Gasteiger partial charge on any atom is -0.493 e. The molecule has 0 radical (unpaired) electrons. The average Bonchev–Trinajstić information content (AvgIpc) is 2.99. The summed E-state index contributed by atoms with van der Waals surface area (Å²) in [5, 5.41) is 3.24. The molecule has 3 aromatic rings. The molecule has 2 atom stereocenters. The van der Waals surface area contributed by atoms with Crippen LogP contribution in [0.5, 0.6) is 11.5 Å². The topological polar surface area (TPSA) is 93.7 Å². The molecule has 8 heteroatoms. The van der Waals surface area contributed by atoms with Gasteiger partial charge in [-0.2, -0.15) is 0 Å². The Morgan fingerprint density at radius 1 is 0.974 bits per heavy atom. The number of benzene rings is 2. The number of amides is 2. The van der Waals surface area contributed by atoms with Crippen LogP contribution in [0.15, 0.2) is 61.1 Å². The van der Waals surface area contributed by atoms with Crippen molar-refractivity contribution in [2.45, 2.75) is 70.4 Å². The number of nitrogens with one attached hydrogen (secondary N) is 1. The summed E-state index contributed by atoms with van der Waals surface area (Å²) in [6.45, 7) is 4.31. The summed E-state index contributed by atoms with van der Waals surface area (Å²) >= 11 is 0. The number of nitrogens with zero attached hydrogens (tertiary/aromatic N) is 3. The first-order valence-corrected chi connectivity index (χ1v) is 13.7. The number of carbonyl (C=O) groups is 2. The lowest BCUT2D eigenvalue weighted by molar-refractivity contribution is -0.123. The maximum atomic E-state index is 14.1. The molecule has 206 valence electrons. The molecular formula is C31H38N4O4. The third-order valence-corrected chi connectivity index (χ3v) is 7.54. The predicted octanol–water partition coefficient (Wildman–Crippen LogP) is 5.84. The highest BCUT2D eigenvalue weighted by molar-refractivity contribution is 6.09. The molecule has 0 saturated heterocycles. The lowest BCUT2D eigenvalue weighted by atomic mass is 9.94. The van der Waals surface area contributed by atoms with Gasteiger partial charge in [-0.25, -0.2) is 4.98 Å². The number of carbonyl (C=O) groups excluding carboxylic acids is 2. The van der Waals surface area contributed by atoms with Crippen molar-refractivity contribution in [3.63, 3.8) is 0 Å². The third kappa shape index (κ3) is 6.56. The second-order valence-electron chi connectivity index (χ2n) is 10.0. The van der Waals surface area contributed by atoms with E-state index in [2.05, 4.69) is 29.1 Å². The highest BCUT2D eigenvalue weighted by Crippen LogP contribution is 2.36. The lowest BCUT2D eigenvalue weighted by Gasteiger charge is -2.33. The van der Waals surface area contributed by atoms with Gasteiger partial charge < -0.3 is 14.8 Å². The van der Waals surface area contributed by atoms with Gasteiger partial charge in [0.2, 0.25) is 5.91 Å². The van der Waals surface area contributed by atoms with E-state index < -0.39 is 11.9 Å². The highest BCUT2D eigenvalue weighted by atomic mass is 16.5. The van der Waals surface area contributed by atoms with E-state index in [0.29, 0.717) is 28.7 Å². The molecule has 39 heavy (non-hydrogen) atoms. The summed E-state index contributed by atoms with van der Waals surface area (Å²) in [5.74, 6) is 0.719. The van der Waals surface area contributed by atoms with Crippen molar-refractivity contribution < 1.29 is 19.1 Å². The summed E-state index contributed by atoms with van der Waals surface area (Å²) < 4.78 is 11.0. The number of methoxy groups -OCH3 is 2. The van der Waals surface area contributed by atoms with Gasteiger partial charge in [-0.1, -0.05) is 51.3 Å². The molecule has 1 aliphatic carbocycles. The predicted molar refractivity (Wildman–Crippen MR) is 151 cm³/mol. The maximum Gasteiger partial charge on any atom is 0.279 e. The molecule has 1 aliphatic rings. The van der Waals surface area contributed by atoms with Crippen molar-refractivity contribution >= 4 is 17.5 Å². The van der Waals surface area contributed by atoms with Crippen LogP contribution in [-0.4, -0.2) is 42.0 Å². The standard InChI is InChI=1S/C31H38N4O4/c1-5-21(2)22-11-14-25(15-12-22)35(31(37)26-20-32-17-18-33-26)29(30(36)34-24-9-7-6-8-10-24)23-13-16-27(38-3)28(19-23)39-4/h11-21,24,29H,5-10H2,1-4H3,(H,34,36)/t21-,29-/m0/s1. The smallest absolute Gasteiger partial charge is 0.279 e. The molecule has 0 bridgehead atoms. The van der Waals surface area contributed by atoms with Crippen molar-refractivity contribution in [3.05, 3.63) is 77.9 Å². The van der Waals surface area contributed by atoms with E-state index >= 15 is 0 Å². The van der Waals surface area contributed by atoms with Crippen molar-refractivity contribution in [2.75, 3.05) is 19.1 Å². The lowest BCUT2D eigenvalue weighted by Crippen LogP contribution is -2.47. The maximum absolute atomic E-state index is 14.1. The quantitative estimate of drug-likeness (QED) is 0.354. The van der Waals surface area contributed by atoms with Gasteiger partial charge in [0.25, 0.3) is 5.91 Å². The van der Waals surface area contributed by atoms with Crippen LogP contribution in [0.1, 0.15) is 85.9 Å². The van der Waals surface area contributed by atoms with E-state index in [4.69, 9.17) is 9.47 Å². The second-order valence-corrected chi connectivity index (χ2v) is 10.0. The van der Waals surface area contributed by atoms with Gasteiger partial charge in [0.1, 0.15) is 11.7 Å². The summed E-state index contributed by atoms with van der Waals surface area (Å²) in [6.07, 6.45) is 10.6. The minimum atomic E-state index is -0.976. The number of aromatic nitrogens is 2. The van der Waals surface area contributed by atoms with Crippen LogP contribution in [0.2, 0.25) is 0 Å². The fourth-order valence-corrected chi connectivity index (χ4v) is 5.08. The fourth-order valence-electron chi connectivity index (χ4n) is 5.08. The Kier molecular flexibility index (Phi) is 9.52. The molecule has 4 rings (SSSR count). The molecule has 8 nitrogen and oxygen atoms in total. The Hall–Kier alpha value is -3.94. The van der Waals surface area contributed by atoms with E-state index in [0.717, 1.165) is 32.1 Å². The van der Waals surface area contributed by atoms with E-state index in [1.807, 2.05) is 24.3 Å². The van der Waals surface area contributed by atoms with Crippen molar-refractivity contribution in [3.8, 4) is 11.5 Å². The first-order chi connectivity index (χ1) is 19.0. The van der Waals surface area contributed by atoms with Crippen LogP contribution in [0.25, 0.3) is 0 Å². The van der Waals surface area contributed by atoms with Crippen molar-refractivity contribution in [2.24, 2.45) is 0 Å². The number of rotatable bonds is 10. The Morgan fingerprint density at radius 3 is 2.28 bits per heavy atom. The first kappa shape index (κ1) is 28.1. The molecule has 0 unspecified atom stereocenters. The van der Waals surface area contributed by atoms with Gasteiger partial charge in [0.05, 0.1) is 20.4 Å². The highest BCUT2D eigenvalue weighted by Gasteiger charge is 2.36. The fraction of sp³-hybridized carbons (Fsp3) is 0.419. The molecule has 1 saturated carbocycles. The summed E-state index contributed by atoms with van der Waals surface area (Å²) in [5.41, 5.74) is 2.52. The SMILES string of the molecule is CC[C@H](C)c1ccc(N(C(=O)c2cnccn2)[C@H](C(=O)NC2CCCCC2)c2ccc(OC)c(OC)c2)cc1. The molecule has 1 aromatic heterocycles. The van der Waals surface area contributed by atoms with Crippen LogP contribution in [0.4, 0.5) is 5.69 Å². The summed E-state index contributed by atoms with van der Waals surface area (Å²) in [6, 6.07) is 12.2. The summed E-state index contributed by atoms with van der Waals surface area (Å²) in [7, 11) is 3.11. The monoisotopic (exact) mass is 530 g/mol. The van der Waals surface area contributed by atoms with Crippen LogP contribution < -0.4 is 19.7 Å². The van der Waals surface area contributed by atoms with Gasteiger partial charge in [-0.3, -0.25) is 19.5 Å². The zero-order valence-electron chi connectivity index (χ0n) is 23.2. The van der Waals surface area contributed by atoms with E-state index in [1.54, 1.807) is 32.4 Å². The molecule has 0 spiro atoms. The summed E-state index contributed by atoms with van der Waals surface area (Å²) in [4.78, 5) is 38.1. The first-order valence-electron chi connectivity index (χ1n) is 13.7. The molecular weight excluding hydrogens is 492 g/mol. The Labute approximate surface area is 230 Å². The van der Waals surface area contributed by atoms with E-state index in [-0.39, 0.29) is 17.6 Å². The number of hydrogen-bond donors (Lipinski definition) is 1. The second kappa shape index (κ2) is 13.2. The molecule has 1 heterocycles. The number of anilines is 1. The third-order valence-electron chi connectivity index (χ3n) is 7.54. The van der Waals surface area contributed by atoms with Gasteiger partial charge >= 0.3 is 0 Å². The zero-order valence-corrected chi connectivity index (χ0v) is 23.2. The van der Waals surface area contributed by atoms with E-state index in [9.17, 15) is 9.59 Å². The Bertz CT molecular complexity index is 1240. The average molecular weight is 531 g/mol. The van der Waals surface area contributed by atoms with Crippen LogP contribution in [-0.2, 0) is 4.79 Å². The largest absolute Gasteiger partial charge is 0.493 e. The van der Waals surface area contributed by atoms with Gasteiger partial charge in [0, 0.05) is 24.1 Å². The number of hydrogen-bond acceptors (Lipinski definition) is 6. The molecule has 0 aliphatic heterocycles. The van der Waals surface area contributed by atoms with Crippen molar-refractivity contribution in [1.82, 2.24) is 15.3 Å². The number of ether oxygens (including phenoxy) is 2. The molecule has 2 aromatic carbocycles. The van der Waals surface area contributed by atoms with E-state index in [1.165, 1.54) is 35.5 Å². The van der Waals surface area contributed by atoms with Crippen LogP contribution in [0.3, 0.4) is 0 Å². The molecule has 1 fully saturated rings. The zero-order chi connectivity index (χ0) is 27.8. The normalized spacial score (nSPS) is 15.2. The minimum absolute atomic E-state index is 0.0649. The Balaban J connectivity index is 1.84. The van der Waals surface area contributed by atoms with Crippen molar-refractivity contribution in [1.29, 1.82) is 0 Å². The molecule has 2 amide bonds. The van der Waals surface area contributed by atoms with Crippen LogP contribution in [0, 0.1) is 0 Å². The van der Waals surface area contributed by atoms with Gasteiger partial charge in [0.15, 0.2) is 11.5 Å². The van der Waals surface area contributed by atoms with Gasteiger partial charge in [-0.15, -0.1) is 0 Å². The molecule has 1 N–H and O–H groups in total. The van der Waals surface area contributed by atoms with Crippen LogP contribution >= 0.6 is 0 Å².